The number of rotatable bonds is 2. The molecule has 6 rings (SSSR count). The number of hydrogen-bond donors (Lipinski definition) is 0. The molecule has 2 bridgehead atoms. The largest absolute Gasteiger partial charge is 0.295 e. The molecule has 26 heavy (non-hydrogen) atoms. The number of fused-ring (bicyclic) bond motifs is 3. The number of benzene rings is 2. The Kier molecular flexibility index (Phi) is 4.18. The van der Waals surface area contributed by atoms with Gasteiger partial charge in [-0.25, -0.2) is 4.98 Å². The van der Waals surface area contributed by atoms with Crippen LogP contribution in [-0.2, 0) is 19.4 Å². The van der Waals surface area contributed by atoms with Gasteiger partial charge >= 0.3 is 0 Å². The van der Waals surface area contributed by atoms with E-state index >= 15 is 0 Å². The van der Waals surface area contributed by atoms with E-state index in [0.29, 0.717) is 11.2 Å². The SMILES string of the molecule is Clc1nc2ccccc2cc1CN1C[C@@H]2CC[C@H]1Cc1ccccc1C2. The van der Waals surface area contributed by atoms with E-state index in [-0.39, 0.29) is 0 Å². The minimum absolute atomic E-state index is 0.607. The maximum Gasteiger partial charge on any atom is 0.134 e. The summed E-state index contributed by atoms with van der Waals surface area (Å²) in [6.45, 7) is 2.07. The van der Waals surface area contributed by atoms with Gasteiger partial charge in [0.1, 0.15) is 5.15 Å². The van der Waals surface area contributed by atoms with Crippen LogP contribution >= 0.6 is 11.6 Å². The van der Waals surface area contributed by atoms with E-state index in [0.717, 1.165) is 30.0 Å². The first-order valence-corrected chi connectivity index (χ1v) is 9.99. The molecule has 1 fully saturated rings. The molecular formula is C23H23ClN2. The average molecular weight is 363 g/mol. The van der Waals surface area contributed by atoms with E-state index in [4.69, 9.17) is 11.6 Å². The number of nitrogens with zero attached hydrogens (tertiary/aromatic N) is 2. The zero-order chi connectivity index (χ0) is 17.5. The standard InChI is InChI=1S/C23H23ClN2/c24-23-20(12-19-7-3-4-8-22(19)25-23)15-26-14-16-9-10-21(26)13-18-6-2-1-5-17(18)11-16/h1-8,12,16,21H,9-11,13-15H2/t16-,21+/m1/s1. The van der Waals surface area contributed by atoms with E-state index < -0.39 is 0 Å². The first-order chi connectivity index (χ1) is 12.8. The topological polar surface area (TPSA) is 16.1 Å². The second-order valence-electron chi connectivity index (χ2n) is 7.83. The molecule has 0 radical (unpaired) electrons. The Morgan fingerprint density at radius 2 is 1.73 bits per heavy atom. The number of para-hydroxylation sites is 1. The molecule has 3 heteroatoms. The smallest absolute Gasteiger partial charge is 0.134 e. The summed E-state index contributed by atoms with van der Waals surface area (Å²) in [5.74, 6) is 0.750. The molecule has 3 aliphatic rings. The molecular weight excluding hydrogens is 340 g/mol. The summed E-state index contributed by atoms with van der Waals surface area (Å²) in [7, 11) is 0. The Morgan fingerprint density at radius 3 is 2.62 bits per heavy atom. The van der Waals surface area contributed by atoms with Gasteiger partial charge in [-0.1, -0.05) is 54.1 Å². The lowest BCUT2D eigenvalue weighted by atomic mass is 9.80. The van der Waals surface area contributed by atoms with Crippen LogP contribution in [0.25, 0.3) is 10.9 Å². The predicted octanol–water partition coefficient (Wildman–Crippen LogP) is 5.27. The Hall–Kier alpha value is -1.90. The summed E-state index contributed by atoms with van der Waals surface area (Å²) in [6, 6.07) is 20.1. The normalized spacial score (nSPS) is 22.8. The molecule has 0 saturated carbocycles. The van der Waals surface area contributed by atoms with Gasteiger partial charge in [0.05, 0.1) is 5.52 Å². The van der Waals surface area contributed by atoms with Crippen molar-refractivity contribution in [2.45, 2.75) is 38.3 Å². The van der Waals surface area contributed by atoms with Crippen molar-refractivity contribution >= 4 is 22.5 Å². The molecule has 0 spiro atoms. The van der Waals surface area contributed by atoms with E-state index in [1.54, 1.807) is 5.56 Å². The molecule has 0 unspecified atom stereocenters. The van der Waals surface area contributed by atoms with Gasteiger partial charge in [-0.05, 0) is 54.9 Å². The van der Waals surface area contributed by atoms with Crippen molar-refractivity contribution in [2.75, 3.05) is 6.54 Å². The van der Waals surface area contributed by atoms with Crippen molar-refractivity contribution in [3.8, 4) is 0 Å². The maximum absolute atomic E-state index is 6.54. The van der Waals surface area contributed by atoms with E-state index in [9.17, 15) is 0 Å². The summed E-state index contributed by atoms with van der Waals surface area (Å²) in [4.78, 5) is 7.27. The minimum Gasteiger partial charge on any atom is -0.295 e. The average Bonchev–Trinajstić information content (AvgIpc) is 2.63. The maximum atomic E-state index is 6.54. The number of hydrogen-bond acceptors (Lipinski definition) is 2. The summed E-state index contributed by atoms with van der Waals surface area (Å²) in [6.07, 6.45) is 5.00. The quantitative estimate of drug-likeness (QED) is 0.577. The molecule has 0 amide bonds. The number of piperidine rings is 1. The first-order valence-electron chi connectivity index (χ1n) is 9.61. The molecule has 1 aromatic heterocycles. The summed E-state index contributed by atoms with van der Waals surface area (Å²) < 4.78 is 0. The highest BCUT2D eigenvalue weighted by Gasteiger charge is 2.32. The zero-order valence-corrected chi connectivity index (χ0v) is 15.6. The van der Waals surface area contributed by atoms with E-state index in [1.165, 1.54) is 36.8 Å². The fourth-order valence-corrected chi connectivity index (χ4v) is 4.97. The van der Waals surface area contributed by atoms with Crippen LogP contribution in [0.2, 0.25) is 5.15 Å². The molecule has 2 aliphatic heterocycles. The van der Waals surface area contributed by atoms with Gasteiger partial charge < -0.3 is 0 Å². The van der Waals surface area contributed by atoms with Crippen LogP contribution in [0.5, 0.6) is 0 Å². The fraction of sp³-hybridized carbons (Fsp3) is 0.348. The van der Waals surface area contributed by atoms with Crippen LogP contribution in [0, 0.1) is 5.92 Å². The van der Waals surface area contributed by atoms with Gasteiger partial charge in [-0.2, -0.15) is 0 Å². The van der Waals surface area contributed by atoms with Crippen LogP contribution in [0.1, 0.15) is 29.5 Å². The summed E-state index contributed by atoms with van der Waals surface area (Å²) in [5, 5.41) is 1.83. The number of pyridine rings is 1. The lowest BCUT2D eigenvalue weighted by molar-refractivity contribution is 0.0938. The predicted molar refractivity (Wildman–Crippen MR) is 108 cm³/mol. The second kappa shape index (κ2) is 6.68. The highest BCUT2D eigenvalue weighted by atomic mass is 35.5. The molecule has 3 heterocycles. The molecule has 0 N–H and O–H groups in total. The van der Waals surface area contributed by atoms with E-state index in [1.807, 2.05) is 12.1 Å². The minimum atomic E-state index is 0.607. The Morgan fingerprint density at radius 1 is 0.962 bits per heavy atom. The van der Waals surface area contributed by atoms with Crippen LogP contribution in [0.4, 0.5) is 0 Å². The van der Waals surface area contributed by atoms with Gasteiger partial charge in [0.2, 0.25) is 0 Å². The molecule has 1 saturated heterocycles. The molecule has 2 atom stereocenters. The van der Waals surface area contributed by atoms with Crippen molar-refractivity contribution in [3.63, 3.8) is 0 Å². The third-order valence-corrected chi connectivity index (χ3v) is 6.45. The second-order valence-corrected chi connectivity index (χ2v) is 8.19. The van der Waals surface area contributed by atoms with Crippen LogP contribution in [0.15, 0.2) is 54.6 Å². The monoisotopic (exact) mass is 362 g/mol. The van der Waals surface area contributed by atoms with Crippen molar-refractivity contribution in [1.82, 2.24) is 9.88 Å². The van der Waals surface area contributed by atoms with Gasteiger partial charge in [-0.3, -0.25) is 4.90 Å². The number of halogens is 1. The Labute approximate surface area is 159 Å². The highest BCUT2D eigenvalue weighted by molar-refractivity contribution is 6.30. The van der Waals surface area contributed by atoms with Crippen molar-refractivity contribution in [3.05, 3.63) is 76.4 Å². The van der Waals surface area contributed by atoms with Gasteiger partial charge in [0, 0.05) is 30.1 Å². The van der Waals surface area contributed by atoms with Gasteiger partial charge in [-0.15, -0.1) is 0 Å². The molecule has 132 valence electrons. The van der Waals surface area contributed by atoms with Crippen molar-refractivity contribution in [1.29, 1.82) is 0 Å². The highest BCUT2D eigenvalue weighted by Crippen LogP contribution is 2.34. The lowest BCUT2D eigenvalue weighted by Crippen LogP contribution is -2.46. The zero-order valence-electron chi connectivity index (χ0n) is 14.9. The number of aromatic nitrogens is 1. The van der Waals surface area contributed by atoms with Crippen molar-refractivity contribution < 1.29 is 0 Å². The lowest BCUT2D eigenvalue weighted by Gasteiger charge is -2.42. The Bertz CT molecular complexity index is 952. The molecule has 2 aromatic carbocycles. The molecule has 3 aromatic rings. The van der Waals surface area contributed by atoms with Crippen LogP contribution in [0.3, 0.4) is 0 Å². The fourth-order valence-electron chi connectivity index (χ4n) is 4.76. The summed E-state index contributed by atoms with van der Waals surface area (Å²) >= 11 is 6.54. The third-order valence-electron chi connectivity index (χ3n) is 6.12. The van der Waals surface area contributed by atoms with Gasteiger partial charge in [0.25, 0.3) is 0 Å². The van der Waals surface area contributed by atoms with Crippen LogP contribution in [-0.4, -0.2) is 22.5 Å². The summed E-state index contributed by atoms with van der Waals surface area (Å²) in [5.41, 5.74) is 5.23. The molecule has 1 aliphatic carbocycles. The third kappa shape index (κ3) is 3.02. The van der Waals surface area contributed by atoms with E-state index in [2.05, 4.69) is 52.3 Å². The van der Waals surface area contributed by atoms with Crippen molar-refractivity contribution in [2.24, 2.45) is 5.92 Å². The Balaban J connectivity index is 1.45. The van der Waals surface area contributed by atoms with Crippen LogP contribution < -0.4 is 0 Å². The molecule has 2 nitrogen and oxygen atoms in total. The van der Waals surface area contributed by atoms with Gasteiger partial charge in [0.15, 0.2) is 0 Å². The first kappa shape index (κ1) is 16.3.